The van der Waals surface area contributed by atoms with E-state index in [2.05, 4.69) is 5.32 Å². The largest absolute Gasteiger partial charge is 0.352 e. The molecule has 0 saturated carbocycles. The summed E-state index contributed by atoms with van der Waals surface area (Å²) in [5, 5.41) is 2.57. The molecule has 2 aromatic carbocycles. The first-order chi connectivity index (χ1) is 10.6. The van der Waals surface area contributed by atoms with Gasteiger partial charge in [0, 0.05) is 12.6 Å². The van der Waals surface area contributed by atoms with E-state index in [0.29, 0.717) is 0 Å². The number of benzene rings is 2. The van der Waals surface area contributed by atoms with Gasteiger partial charge >= 0.3 is 0 Å². The highest BCUT2D eigenvalue weighted by molar-refractivity contribution is 7.91. The van der Waals surface area contributed by atoms with Crippen LogP contribution in [-0.4, -0.2) is 26.6 Å². The molecule has 1 N–H and O–H groups in total. The maximum absolute atomic E-state index is 12.0. The fourth-order valence-corrected chi connectivity index (χ4v) is 3.03. The van der Waals surface area contributed by atoms with Crippen molar-refractivity contribution < 1.29 is 13.2 Å². The molecule has 0 bridgehead atoms. The normalized spacial score (nSPS) is 11.5. The van der Waals surface area contributed by atoms with Gasteiger partial charge in [-0.05, 0) is 23.8 Å². The molecule has 0 radical (unpaired) electrons. The van der Waals surface area contributed by atoms with Crippen molar-refractivity contribution in [3.63, 3.8) is 0 Å². The summed E-state index contributed by atoms with van der Waals surface area (Å²) in [6, 6.07) is 17.6. The molecule has 0 aliphatic heterocycles. The van der Waals surface area contributed by atoms with Crippen LogP contribution in [0.2, 0.25) is 0 Å². The first kappa shape index (κ1) is 16.0. The van der Waals surface area contributed by atoms with Gasteiger partial charge in [-0.2, -0.15) is 0 Å². The number of carbonyl (C=O) groups excluding carboxylic acids is 1. The summed E-state index contributed by atoms with van der Waals surface area (Å²) in [7, 11) is -3.36. The smallest absolute Gasteiger partial charge is 0.244 e. The molecule has 0 fully saturated rings. The van der Waals surface area contributed by atoms with Gasteiger partial charge in [-0.15, -0.1) is 0 Å². The SMILES string of the molecule is O=C(/C=C\c1ccccc1)NCCS(=O)(=O)c1ccccc1. The highest BCUT2D eigenvalue weighted by Crippen LogP contribution is 2.09. The van der Waals surface area contributed by atoms with Crippen LogP contribution in [0.1, 0.15) is 5.56 Å². The Kier molecular flexibility index (Phi) is 5.49. The summed E-state index contributed by atoms with van der Waals surface area (Å²) in [4.78, 5) is 11.9. The van der Waals surface area contributed by atoms with Crippen LogP contribution in [0.25, 0.3) is 6.08 Å². The topological polar surface area (TPSA) is 63.2 Å². The van der Waals surface area contributed by atoms with E-state index in [4.69, 9.17) is 0 Å². The zero-order valence-corrected chi connectivity index (χ0v) is 12.8. The Morgan fingerprint density at radius 1 is 0.955 bits per heavy atom. The fraction of sp³-hybridized carbons (Fsp3) is 0.118. The van der Waals surface area contributed by atoms with Crippen LogP contribution in [0.15, 0.2) is 71.6 Å². The Balaban J connectivity index is 1.84. The second-order valence-electron chi connectivity index (χ2n) is 4.67. The molecular weight excluding hydrogens is 298 g/mol. The van der Waals surface area contributed by atoms with Crippen LogP contribution < -0.4 is 5.32 Å². The number of hydrogen-bond donors (Lipinski definition) is 1. The van der Waals surface area contributed by atoms with Crippen LogP contribution in [0.5, 0.6) is 0 Å². The Morgan fingerprint density at radius 2 is 1.55 bits per heavy atom. The quantitative estimate of drug-likeness (QED) is 0.832. The van der Waals surface area contributed by atoms with Gasteiger partial charge in [-0.1, -0.05) is 48.5 Å². The lowest BCUT2D eigenvalue weighted by Crippen LogP contribution is -2.27. The minimum Gasteiger partial charge on any atom is -0.352 e. The molecule has 0 aliphatic carbocycles. The van der Waals surface area contributed by atoms with Crippen molar-refractivity contribution in [2.45, 2.75) is 4.90 Å². The molecule has 0 aliphatic rings. The Morgan fingerprint density at radius 3 is 2.18 bits per heavy atom. The molecule has 0 atom stereocenters. The van der Waals surface area contributed by atoms with Crippen molar-refractivity contribution >= 4 is 21.8 Å². The highest BCUT2D eigenvalue weighted by atomic mass is 32.2. The van der Waals surface area contributed by atoms with Crippen molar-refractivity contribution in [3.05, 3.63) is 72.3 Å². The van der Waals surface area contributed by atoms with Crippen LogP contribution in [0, 0.1) is 0 Å². The molecule has 22 heavy (non-hydrogen) atoms. The number of nitrogens with one attached hydrogen (secondary N) is 1. The number of rotatable bonds is 6. The van der Waals surface area contributed by atoms with Crippen molar-refractivity contribution in [3.8, 4) is 0 Å². The standard InChI is InChI=1S/C17H17NO3S/c19-17(12-11-15-7-3-1-4-8-15)18-13-14-22(20,21)16-9-5-2-6-10-16/h1-12H,13-14H2,(H,18,19)/b12-11-. The summed E-state index contributed by atoms with van der Waals surface area (Å²) in [5.41, 5.74) is 0.912. The van der Waals surface area contributed by atoms with Crippen LogP contribution in [0.3, 0.4) is 0 Å². The van der Waals surface area contributed by atoms with Gasteiger partial charge in [0.15, 0.2) is 9.84 Å². The molecule has 5 heteroatoms. The van der Waals surface area contributed by atoms with Crippen LogP contribution in [-0.2, 0) is 14.6 Å². The lowest BCUT2D eigenvalue weighted by molar-refractivity contribution is -0.116. The summed E-state index contributed by atoms with van der Waals surface area (Å²) in [6.45, 7) is 0.0786. The van der Waals surface area contributed by atoms with Gasteiger partial charge in [0.2, 0.25) is 5.91 Å². The maximum Gasteiger partial charge on any atom is 0.244 e. The van der Waals surface area contributed by atoms with E-state index >= 15 is 0 Å². The third-order valence-electron chi connectivity index (χ3n) is 3.00. The van der Waals surface area contributed by atoms with Gasteiger partial charge in [-0.25, -0.2) is 8.42 Å². The van der Waals surface area contributed by atoms with Crippen LogP contribution in [0.4, 0.5) is 0 Å². The van der Waals surface area contributed by atoms with Crippen molar-refractivity contribution in [1.82, 2.24) is 5.32 Å². The van der Waals surface area contributed by atoms with E-state index in [1.54, 1.807) is 36.4 Å². The Bertz CT molecular complexity index is 738. The monoisotopic (exact) mass is 315 g/mol. The molecule has 1 amide bonds. The highest BCUT2D eigenvalue weighted by Gasteiger charge is 2.13. The first-order valence-electron chi connectivity index (χ1n) is 6.87. The van der Waals surface area contributed by atoms with Crippen molar-refractivity contribution in [2.75, 3.05) is 12.3 Å². The van der Waals surface area contributed by atoms with E-state index in [-0.39, 0.29) is 23.1 Å². The molecule has 0 aromatic heterocycles. The molecule has 4 nitrogen and oxygen atoms in total. The van der Waals surface area contributed by atoms with Crippen molar-refractivity contribution in [1.29, 1.82) is 0 Å². The lowest BCUT2D eigenvalue weighted by Gasteiger charge is -2.04. The maximum atomic E-state index is 12.0. The lowest BCUT2D eigenvalue weighted by atomic mass is 10.2. The second-order valence-corrected chi connectivity index (χ2v) is 6.78. The molecule has 114 valence electrons. The predicted octanol–water partition coefficient (Wildman–Crippen LogP) is 2.29. The van der Waals surface area contributed by atoms with Crippen LogP contribution >= 0.6 is 0 Å². The average Bonchev–Trinajstić information content (AvgIpc) is 2.54. The average molecular weight is 315 g/mol. The summed E-state index contributed by atoms with van der Waals surface area (Å²) >= 11 is 0. The summed E-state index contributed by atoms with van der Waals surface area (Å²) < 4.78 is 24.0. The summed E-state index contributed by atoms with van der Waals surface area (Å²) in [5.74, 6) is -0.436. The third-order valence-corrected chi connectivity index (χ3v) is 4.73. The summed E-state index contributed by atoms with van der Waals surface area (Å²) in [6.07, 6.45) is 3.07. The van der Waals surface area contributed by atoms with E-state index in [1.807, 2.05) is 30.3 Å². The zero-order valence-electron chi connectivity index (χ0n) is 12.0. The van der Waals surface area contributed by atoms with E-state index < -0.39 is 9.84 Å². The van der Waals surface area contributed by atoms with E-state index in [9.17, 15) is 13.2 Å². The molecule has 2 rings (SSSR count). The molecule has 0 heterocycles. The van der Waals surface area contributed by atoms with Gasteiger partial charge < -0.3 is 5.32 Å². The zero-order chi connectivity index (χ0) is 15.8. The van der Waals surface area contributed by atoms with E-state index in [1.165, 1.54) is 6.08 Å². The fourth-order valence-electron chi connectivity index (χ4n) is 1.85. The molecule has 0 spiro atoms. The molecule has 0 saturated heterocycles. The van der Waals surface area contributed by atoms with Gasteiger partial charge in [-0.3, -0.25) is 4.79 Å². The second kappa shape index (κ2) is 7.56. The van der Waals surface area contributed by atoms with Gasteiger partial charge in [0.05, 0.1) is 10.6 Å². The Hall–Kier alpha value is -2.40. The third kappa shape index (κ3) is 4.86. The molecular formula is C17H17NO3S. The minimum absolute atomic E-state index is 0.0786. The Labute approximate surface area is 130 Å². The van der Waals surface area contributed by atoms with Crippen molar-refractivity contribution in [2.24, 2.45) is 0 Å². The molecule has 0 unspecified atom stereocenters. The first-order valence-corrected chi connectivity index (χ1v) is 8.52. The minimum atomic E-state index is -3.36. The number of carbonyl (C=O) groups is 1. The molecule has 2 aromatic rings. The van der Waals surface area contributed by atoms with Gasteiger partial charge in [0.25, 0.3) is 0 Å². The number of sulfone groups is 1. The van der Waals surface area contributed by atoms with E-state index in [0.717, 1.165) is 5.56 Å². The number of amides is 1. The number of hydrogen-bond acceptors (Lipinski definition) is 3. The van der Waals surface area contributed by atoms with Gasteiger partial charge in [0.1, 0.15) is 0 Å². The predicted molar refractivity (Wildman–Crippen MR) is 87.0 cm³/mol.